The van der Waals surface area contributed by atoms with Crippen LogP contribution < -0.4 is 10.9 Å². The fourth-order valence-corrected chi connectivity index (χ4v) is 6.04. The molecule has 14 heteroatoms. The smallest absolute Gasteiger partial charge is 0.407 e. The number of carbonyl (C=O) groups excluding carboxylic acids is 2. The summed E-state index contributed by atoms with van der Waals surface area (Å²) in [6, 6.07) is 15.0. The van der Waals surface area contributed by atoms with Gasteiger partial charge in [-0.3, -0.25) is 18.8 Å². The average Bonchev–Trinajstić information content (AvgIpc) is 3.37. The molecule has 1 atom stereocenters. The van der Waals surface area contributed by atoms with E-state index in [0.29, 0.717) is 24.2 Å². The number of rotatable bonds is 9. The van der Waals surface area contributed by atoms with Gasteiger partial charge in [-0.25, -0.2) is 9.78 Å². The van der Waals surface area contributed by atoms with Gasteiger partial charge in [-0.1, -0.05) is 54.6 Å². The number of piperidine rings is 1. The maximum atomic E-state index is 13.8. The number of amides is 2. The van der Waals surface area contributed by atoms with Crippen LogP contribution in [0, 0.1) is 0 Å². The molecule has 0 radical (unpaired) electrons. The molecule has 0 bridgehead atoms. The summed E-state index contributed by atoms with van der Waals surface area (Å²) in [7, 11) is 1.71. The molecule has 49 heavy (non-hydrogen) atoms. The van der Waals surface area contributed by atoms with Crippen LogP contribution in [0.2, 0.25) is 0 Å². The van der Waals surface area contributed by atoms with Crippen molar-refractivity contribution in [2.75, 3.05) is 19.6 Å². The third-order valence-electron chi connectivity index (χ3n) is 8.61. The van der Waals surface area contributed by atoms with Gasteiger partial charge in [0, 0.05) is 38.7 Å². The Bertz CT molecular complexity index is 1840. The maximum Gasteiger partial charge on any atom is 0.407 e. The molecule has 11 nitrogen and oxygen atoms in total. The Labute approximate surface area is 281 Å². The summed E-state index contributed by atoms with van der Waals surface area (Å²) in [5.74, 6) is -2.56. The number of likely N-dealkylation sites (tertiary alicyclic amines) is 1. The van der Waals surface area contributed by atoms with Crippen LogP contribution in [0.1, 0.15) is 57.1 Å². The third kappa shape index (κ3) is 8.66. The predicted octanol–water partition coefficient (Wildman–Crippen LogP) is 4.95. The first kappa shape index (κ1) is 35.6. The van der Waals surface area contributed by atoms with Crippen LogP contribution in [0.15, 0.2) is 65.7 Å². The molecule has 2 amide bonds. The molecule has 0 unspecified atom stereocenters. The highest BCUT2D eigenvalue weighted by Gasteiger charge is 2.43. The summed E-state index contributed by atoms with van der Waals surface area (Å²) in [6.45, 7) is 5.80. The minimum absolute atomic E-state index is 0.0264. The lowest BCUT2D eigenvalue weighted by Crippen LogP contribution is -2.50. The topological polar surface area (TPSA) is 132 Å². The number of carbonyl (C=O) groups is 2. The first-order chi connectivity index (χ1) is 23.0. The molecule has 2 aromatic carbocycles. The second-order valence-corrected chi connectivity index (χ2v) is 13.5. The zero-order valence-corrected chi connectivity index (χ0v) is 28.0. The van der Waals surface area contributed by atoms with Crippen LogP contribution >= 0.6 is 0 Å². The summed E-state index contributed by atoms with van der Waals surface area (Å²) in [5, 5.41) is 18.5. The lowest BCUT2D eigenvalue weighted by atomic mass is 9.90. The largest absolute Gasteiger partial charge is 0.444 e. The molecule has 2 aromatic heterocycles. The highest BCUT2D eigenvalue weighted by Crippen LogP contribution is 2.38. The van der Waals surface area contributed by atoms with Gasteiger partial charge in [0.05, 0.1) is 30.1 Å². The first-order valence-corrected chi connectivity index (χ1v) is 16.1. The minimum atomic E-state index is -4.59. The van der Waals surface area contributed by atoms with Gasteiger partial charge >= 0.3 is 12.3 Å². The van der Waals surface area contributed by atoms with Crippen LogP contribution in [-0.4, -0.2) is 78.4 Å². The van der Waals surface area contributed by atoms with Crippen LogP contribution in [0.5, 0.6) is 0 Å². The van der Waals surface area contributed by atoms with E-state index in [1.807, 2.05) is 24.3 Å². The Balaban J connectivity index is 1.22. The number of ether oxygens (including phenoxy) is 1. The van der Waals surface area contributed by atoms with Crippen molar-refractivity contribution in [3.63, 3.8) is 0 Å². The number of aromatic nitrogens is 4. The molecule has 4 aromatic rings. The van der Waals surface area contributed by atoms with Crippen LogP contribution in [0.3, 0.4) is 0 Å². The van der Waals surface area contributed by atoms with Crippen molar-refractivity contribution in [2.24, 2.45) is 7.05 Å². The minimum Gasteiger partial charge on any atom is -0.444 e. The molecule has 1 fully saturated rings. The second kappa shape index (κ2) is 14.0. The first-order valence-electron chi connectivity index (χ1n) is 16.1. The fraction of sp³-hybridized carbons (Fsp3) is 0.457. The standard InChI is InChI=1S/C35H41F3N6O5/c1-33(2,3)49-32(47)39-17-14-23-10-12-25(13-11-23)30-28-29(41-42(30)4)31(46)44(22-40-28)21-34(48)15-18-43(19-16-34)27(45)20-26(35(36,37)38)24-8-6-5-7-9-24/h5-13,22,26,48H,14-21H2,1-4H3,(H,39,47)/t26-/m1/s1. The van der Waals surface area contributed by atoms with Gasteiger partial charge in [0.2, 0.25) is 5.91 Å². The van der Waals surface area contributed by atoms with Crippen LogP contribution in [-0.2, 0) is 29.5 Å². The summed E-state index contributed by atoms with van der Waals surface area (Å²) in [5.41, 5.74) is 0.563. The molecule has 262 valence electrons. The molecule has 0 saturated carbocycles. The van der Waals surface area contributed by atoms with E-state index in [0.717, 1.165) is 11.1 Å². The predicted molar refractivity (Wildman–Crippen MR) is 177 cm³/mol. The maximum absolute atomic E-state index is 13.8. The number of aryl methyl sites for hydroxylation is 1. The number of alkyl halides is 3. The Morgan fingerprint density at radius 3 is 2.29 bits per heavy atom. The average molecular weight is 683 g/mol. The van der Waals surface area contributed by atoms with Gasteiger partial charge in [0.1, 0.15) is 11.1 Å². The van der Waals surface area contributed by atoms with Crippen molar-refractivity contribution in [1.82, 2.24) is 29.5 Å². The lowest BCUT2D eigenvalue weighted by molar-refractivity contribution is -0.162. The molecule has 2 N–H and O–H groups in total. The summed E-state index contributed by atoms with van der Waals surface area (Å²) >= 11 is 0. The number of hydrogen-bond donors (Lipinski definition) is 2. The van der Waals surface area contributed by atoms with Crippen molar-refractivity contribution in [3.05, 3.63) is 82.4 Å². The molecule has 0 aliphatic carbocycles. The number of nitrogens with one attached hydrogen (secondary N) is 1. The number of alkyl carbamates (subject to hydrolysis) is 1. The number of nitrogens with zero attached hydrogens (tertiary/aromatic N) is 5. The van der Waals surface area contributed by atoms with E-state index < -0.39 is 47.3 Å². The second-order valence-electron chi connectivity index (χ2n) is 13.5. The SMILES string of the molecule is Cn1nc2c(=O)n(CC3(O)CCN(C(=O)C[C@H](c4ccccc4)C(F)(F)F)CC3)cnc2c1-c1ccc(CCNC(=O)OC(C)(C)C)cc1. The van der Waals surface area contributed by atoms with E-state index in [4.69, 9.17) is 4.74 Å². The van der Waals surface area contributed by atoms with Gasteiger partial charge in [0.15, 0.2) is 5.52 Å². The monoisotopic (exact) mass is 682 g/mol. The van der Waals surface area contributed by atoms with E-state index >= 15 is 0 Å². The highest BCUT2D eigenvalue weighted by molar-refractivity contribution is 5.89. The molecule has 3 heterocycles. The quantitative estimate of drug-likeness (QED) is 0.255. The number of fused-ring (bicyclic) bond motifs is 1. The van der Waals surface area contributed by atoms with Gasteiger partial charge in [0.25, 0.3) is 5.56 Å². The molecule has 1 aliphatic heterocycles. The Morgan fingerprint density at radius 2 is 1.67 bits per heavy atom. The normalized spacial score (nSPS) is 15.6. The van der Waals surface area contributed by atoms with E-state index in [9.17, 15) is 32.7 Å². The van der Waals surface area contributed by atoms with Gasteiger partial charge in [-0.05, 0) is 51.2 Å². The highest BCUT2D eigenvalue weighted by atomic mass is 19.4. The molecule has 5 rings (SSSR count). The Kier molecular flexibility index (Phi) is 10.2. The Morgan fingerprint density at radius 1 is 1.02 bits per heavy atom. The molecule has 1 saturated heterocycles. The van der Waals surface area contributed by atoms with Crippen molar-refractivity contribution >= 4 is 23.0 Å². The lowest BCUT2D eigenvalue weighted by Gasteiger charge is -2.39. The third-order valence-corrected chi connectivity index (χ3v) is 8.61. The number of benzene rings is 2. The number of hydrogen-bond acceptors (Lipinski definition) is 7. The van der Waals surface area contributed by atoms with Gasteiger partial charge in [-0.15, -0.1) is 0 Å². The van der Waals surface area contributed by atoms with E-state index in [1.165, 1.54) is 40.1 Å². The van der Waals surface area contributed by atoms with Crippen molar-refractivity contribution in [2.45, 2.75) is 76.3 Å². The van der Waals surface area contributed by atoms with Gasteiger partial charge < -0.3 is 20.1 Å². The van der Waals surface area contributed by atoms with Crippen molar-refractivity contribution in [3.8, 4) is 11.3 Å². The van der Waals surface area contributed by atoms with Crippen LogP contribution in [0.4, 0.5) is 18.0 Å². The van der Waals surface area contributed by atoms with E-state index in [-0.39, 0.29) is 43.6 Å². The number of halogens is 3. The van der Waals surface area contributed by atoms with Crippen molar-refractivity contribution < 1.29 is 32.6 Å². The molecule has 0 spiro atoms. The Hall–Kier alpha value is -4.72. The van der Waals surface area contributed by atoms with E-state index in [2.05, 4.69) is 15.4 Å². The zero-order valence-electron chi connectivity index (χ0n) is 28.0. The molecular formula is C35H41F3N6O5. The van der Waals surface area contributed by atoms with Crippen molar-refractivity contribution in [1.29, 1.82) is 0 Å². The molecule has 1 aliphatic rings. The van der Waals surface area contributed by atoms with E-state index in [1.54, 1.807) is 38.6 Å². The number of aliphatic hydroxyl groups is 1. The summed E-state index contributed by atoms with van der Waals surface area (Å²) in [4.78, 5) is 44.2. The van der Waals surface area contributed by atoms with Gasteiger partial charge in [-0.2, -0.15) is 18.3 Å². The summed E-state index contributed by atoms with van der Waals surface area (Å²) in [6.07, 6.45) is -3.68. The zero-order chi connectivity index (χ0) is 35.6. The fourth-order valence-electron chi connectivity index (χ4n) is 6.04. The summed E-state index contributed by atoms with van der Waals surface area (Å²) < 4.78 is 49.6. The van der Waals surface area contributed by atoms with Crippen LogP contribution in [0.25, 0.3) is 22.3 Å². The molecular weight excluding hydrogens is 641 g/mol.